The van der Waals surface area contributed by atoms with Gasteiger partial charge in [0.15, 0.2) is 5.76 Å². The van der Waals surface area contributed by atoms with Crippen LogP contribution < -0.4 is 5.32 Å². The molecule has 0 bridgehead atoms. The number of allylic oxidation sites excluding steroid dienone is 2. The molecule has 0 saturated heterocycles. The van der Waals surface area contributed by atoms with Gasteiger partial charge in [-0.25, -0.2) is 0 Å². The molecule has 0 spiro atoms. The van der Waals surface area contributed by atoms with Gasteiger partial charge in [0.25, 0.3) is 11.8 Å². The minimum atomic E-state index is -0.319. The van der Waals surface area contributed by atoms with E-state index < -0.39 is 0 Å². The highest BCUT2D eigenvalue weighted by atomic mass is 16.4. The predicted molar refractivity (Wildman–Crippen MR) is 118 cm³/mol. The van der Waals surface area contributed by atoms with E-state index in [4.69, 9.17) is 8.83 Å². The van der Waals surface area contributed by atoms with Crippen molar-refractivity contribution in [2.45, 2.75) is 25.7 Å². The van der Waals surface area contributed by atoms with Crippen molar-refractivity contribution in [1.82, 2.24) is 10.2 Å². The molecular weight excluding hydrogens is 390 g/mol. The summed E-state index contributed by atoms with van der Waals surface area (Å²) >= 11 is 0. The SMILES string of the molecule is O=C(Nc1nnc(-c2ccco2)o1)c1cccc(-c2ccc(C3=CCCCC3)cc2)c1. The zero-order valence-electron chi connectivity index (χ0n) is 16.9. The molecule has 1 amide bonds. The van der Waals surface area contributed by atoms with Gasteiger partial charge in [-0.2, -0.15) is 0 Å². The van der Waals surface area contributed by atoms with Crippen LogP contribution in [0.3, 0.4) is 0 Å². The molecule has 6 heteroatoms. The summed E-state index contributed by atoms with van der Waals surface area (Å²) in [6.07, 6.45) is 8.71. The molecule has 4 aromatic rings. The number of carbonyl (C=O) groups excluding carboxylic acids is 1. The quantitative estimate of drug-likeness (QED) is 0.422. The van der Waals surface area contributed by atoms with Crippen molar-refractivity contribution in [2.75, 3.05) is 5.32 Å². The number of nitrogens with one attached hydrogen (secondary N) is 1. The summed E-state index contributed by atoms with van der Waals surface area (Å²) < 4.78 is 10.7. The van der Waals surface area contributed by atoms with Crippen LogP contribution in [0.15, 0.2) is 81.8 Å². The fourth-order valence-corrected chi connectivity index (χ4v) is 3.76. The molecule has 0 aliphatic heterocycles. The van der Waals surface area contributed by atoms with Crippen molar-refractivity contribution >= 4 is 17.5 Å². The van der Waals surface area contributed by atoms with Gasteiger partial charge in [0.05, 0.1) is 6.26 Å². The van der Waals surface area contributed by atoms with Crippen molar-refractivity contribution in [1.29, 1.82) is 0 Å². The summed E-state index contributed by atoms with van der Waals surface area (Å²) in [5.74, 6) is 0.338. The number of aromatic nitrogens is 2. The lowest BCUT2D eigenvalue weighted by atomic mass is 9.92. The Morgan fingerprint density at radius 1 is 0.903 bits per heavy atom. The maximum absolute atomic E-state index is 12.7. The Bertz CT molecular complexity index is 1220. The number of nitrogens with zero attached hydrogens (tertiary/aromatic N) is 2. The second kappa shape index (κ2) is 8.44. The molecule has 1 N–H and O–H groups in total. The van der Waals surface area contributed by atoms with E-state index >= 15 is 0 Å². The molecule has 0 unspecified atom stereocenters. The van der Waals surface area contributed by atoms with Gasteiger partial charge in [-0.1, -0.05) is 47.6 Å². The largest absolute Gasteiger partial charge is 0.459 e. The van der Waals surface area contributed by atoms with Crippen LogP contribution >= 0.6 is 0 Å². The van der Waals surface area contributed by atoms with Crippen molar-refractivity contribution in [3.8, 4) is 22.8 Å². The Morgan fingerprint density at radius 2 is 1.77 bits per heavy atom. The molecule has 0 saturated carbocycles. The predicted octanol–water partition coefficient (Wildman–Crippen LogP) is 6.21. The first-order chi connectivity index (χ1) is 15.3. The van der Waals surface area contributed by atoms with E-state index in [0.29, 0.717) is 11.3 Å². The van der Waals surface area contributed by atoms with Gasteiger partial charge in [0, 0.05) is 5.56 Å². The highest BCUT2D eigenvalue weighted by Crippen LogP contribution is 2.29. The van der Waals surface area contributed by atoms with E-state index in [1.54, 1.807) is 18.2 Å². The van der Waals surface area contributed by atoms with Gasteiger partial charge in [-0.3, -0.25) is 10.1 Å². The number of hydrogen-bond acceptors (Lipinski definition) is 5. The van der Waals surface area contributed by atoms with Crippen LogP contribution in [0.2, 0.25) is 0 Å². The molecule has 2 aromatic carbocycles. The average molecular weight is 411 g/mol. The van der Waals surface area contributed by atoms with Crippen molar-refractivity contribution < 1.29 is 13.6 Å². The molecule has 0 atom stereocenters. The molecule has 2 aromatic heterocycles. The zero-order valence-corrected chi connectivity index (χ0v) is 16.9. The number of anilines is 1. The zero-order chi connectivity index (χ0) is 21.0. The monoisotopic (exact) mass is 411 g/mol. The molecular formula is C25H21N3O3. The summed E-state index contributed by atoms with van der Waals surface area (Å²) in [6, 6.07) is 19.5. The summed E-state index contributed by atoms with van der Waals surface area (Å²) in [6.45, 7) is 0. The third-order valence-corrected chi connectivity index (χ3v) is 5.38. The molecule has 154 valence electrons. The lowest BCUT2D eigenvalue weighted by Gasteiger charge is -2.13. The van der Waals surface area contributed by atoms with E-state index in [1.807, 2.05) is 18.2 Å². The summed E-state index contributed by atoms with van der Waals surface area (Å²) in [4.78, 5) is 12.7. The van der Waals surface area contributed by atoms with Crippen molar-refractivity contribution in [2.24, 2.45) is 0 Å². The Hall–Kier alpha value is -3.93. The van der Waals surface area contributed by atoms with Crippen LogP contribution in [0.4, 0.5) is 6.01 Å². The van der Waals surface area contributed by atoms with Gasteiger partial charge in [0.2, 0.25) is 0 Å². The van der Waals surface area contributed by atoms with E-state index in [9.17, 15) is 4.79 Å². The topological polar surface area (TPSA) is 81.2 Å². The fourth-order valence-electron chi connectivity index (χ4n) is 3.76. The fraction of sp³-hybridized carbons (Fsp3) is 0.160. The molecule has 5 rings (SSSR count). The first-order valence-corrected chi connectivity index (χ1v) is 10.3. The van der Waals surface area contributed by atoms with E-state index in [0.717, 1.165) is 24.0 Å². The average Bonchev–Trinajstić information content (AvgIpc) is 3.52. The lowest BCUT2D eigenvalue weighted by molar-refractivity contribution is 0.102. The van der Waals surface area contributed by atoms with Gasteiger partial charge >= 0.3 is 6.01 Å². The Balaban J connectivity index is 1.31. The van der Waals surface area contributed by atoms with Crippen LogP contribution in [0.1, 0.15) is 41.6 Å². The molecule has 0 fully saturated rings. The minimum Gasteiger partial charge on any atom is -0.459 e. The van der Waals surface area contributed by atoms with Gasteiger partial charge < -0.3 is 8.83 Å². The van der Waals surface area contributed by atoms with Gasteiger partial charge in [-0.05, 0) is 72.2 Å². The molecule has 1 aliphatic carbocycles. The Labute approximate surface area is 179 Å². The summed E-state index contributed by atoms with van der Waals surface area (Å²) in [5.41, 5.74) is 5.25. The van der Waals surface area contributed by atoms with Crippen molar-refractivity contribution in [3.05, 3.63) is 84.1 Å². The van der Waals surface area contributed by atoms with Gasteiger partial charge in [-0.15, -0.1) is 5.10 Å². The van der Waals surface area contributed by atoms with E-state index in [-0.39, 0.29) is 17.8 Å². The Kier molecular flexibility index (Phi) is 5.19. The van der Waals surface area contributed by atoms with Gasteiger partial charge in [0.1, 0.15) is 0 Å². The third kappa shape index (κ3) is 4.19. The van der Waals surface area contributed by atoms with Crippen LogP contribution in [0.25, 0.3) is 28.4 Å². The van der Waals surface area contributed by atoms with Crippen LogP contribution in [0, 0.1) is 0 Å². The first kappa shape index (κ1) is 19.1. The number of furan rings is 1. The van der Waals surface area contributed by atoms with E-state index in [1.165, 1.54) is 30.2 Å². The molecule has 0 radical (unpaired) electrons. The number of amides is 1. The molecule has 1 aliphatic rings. The maximum Gasteiger partial charge on any atom is 0.322 e. The van der Waals surface area contributed by atoms with Crippen LogP contribution in [-0.2, 0) is 0 Å². The number of benzene rings is 2. The highest BCUT2D eigenvalue weighted by molar-refractivity contribution is 6.03. The Morgan fingerprint density at radius 3 is 2.55 bits per heavy atom. The van der Waals surface area contributed by atoms with Crippen LogP contribution in [0.5, 0.6) is 0 Å². The van der Waals surface area contributed by atoms with E-state index in [2.05, 4.69) is 45.9 Å². The molecule has 6 nitrogen and oxygen atoms in total. The minimum absolute atomic E-state index is 0.0203. The standard InChI is InChI=1S/C25H21N3O3/c29-23(26-25-28-27-24(31-25)22-10-5-15-30-22)21-9-4-8-20(16-21)19-13-11-18(12-14-19)17-6-2-1-3-7-17/h4-6,8-16H,1-3,7H2,(H,26,28,29). The second-order valence-electron chi connectivity index (χ2n) is 7.48. The summed E-state index contributed by atoms with van der Waals surface area (Å²) in [5, 5.41) is 10.4. The number of rotatable bonds is 5. The second-order valence-corrected chi connectivity index (χ2v) is 7.48. The third-order valence-electron chi connectivity index (χ3n) is 5.38. The van der Waals surface area contributed by atoms with Crippen molar-refractivity contribution in [3.63, 3.8) is 0 Å². The number of carbonyl (C=O) groups is 1. The summed E-state index contributed by atoms with van der Waals surface area (Å²) in [7, 11) is 0. The molecule has 31 heavy (non-hydrogen) atoms. The molecule has 2 heterocycles. The number of hydrogen-bond donors (Lipinski definition) is 1. The smallest absolute Gasteiger partial charge is 0.322 e. The van der Waals surface area contributed by atoms with Crippen LogP contribution in [-0.4, -0.2) is 16.1 Å². The normalized spacial score (nSPS) is 13.6. The first-order valence-electron chi connectivity index (χ1n) is 10.3. The maximum atomic E-state index is 12.7. The lowest BCUT2D eigenvalue weighted by Crippen LogP contribution is -2.12. The highest BCUT2D eigenvalue weighted by Gasteiger charge is 2.15.